The van der Waals surface area contributed by atoms with Crippen LogP contribution in [0, 0.1) is 5.92 Å². The lowest BCUT2D eigenvalue weighted by atomic mass is 10.0. The van der Waals surface area contributed by atoms with Crippen LogP contribution >= 0.6 is 0 Å². The van der Waals surface area contributed by atoms with Crippen molar-refractivity contribution < 1.29 is 4.79 Å². The minimum absolute atomic E-state index is 0.0778. The second kappa shape index (κ2) is 3.82. The van der Waals surface area contributed by atoms with E-state index in [4.69, 9.17) is 0 Å². The van der Waals surface area contributed by atoms with Crippen LogP contribution in [0.5, 0.6) is 0 Å². The van der Waals surface area contributed by atoms with Gasteiger partial charge >= 0.3 is 0 Å². The van der Waals surface area contributed by atoms with Crippen LogP contribution in [0.15, 0.2) is 12.3 Å². The van der Waals surface area contributed by atoms with Crippen LogP contribution in [0.1, 0.15) is 30.3 Å². The maximum Gasteiger partial charge on any atom is 0.271 e. The molecule has 1 aliphatic rings. The summed E-state index contributed by atoms with van der Waals surface area (Å²) in [4.78, 5) is 13.8. The molecule has 1 aromatic heterocycles. The Morgan fingerprint density at radius 3 is 3.21 bits per heavy atom. The highest BCUT2D eigenvalue weighted by Gasteiger charge is 2.22. The molecule has 0 saturated carbocycles. The quantitative estimate of drug-likeness (QED) is 0.730. The Balaban J connectivity index is 2.04. The van der Waals surface area contributed by atoms with Gasteiger partial charge < -0.3 is 4.90 Å². The summed E-state index contributed by atoms with van der Waals surface area (Å²) >= 11 is 0. The maximum atomic E-state index is 11.9. The smallest absolute Gasteiger partial charge is 0.271 e. The van der Waals surface area contributed by atoms with E-state index in [1.165, 1.54) is 6.42 Å². The first-order valence-corrected chi connectivity index (χ1v) is 5.06. The van der Waals surface area contributed by atoms with Gasteiger partial charge in [-0.15, -0.1) is 0 Å². The first-order chi connectivity index (χ1) is 6.77. The number of nitrogens with one attached hydrogen (secondary N) is 1. The third kappa shape index (κ3) is 1.78. The van der Waals surface area contributed by atoms with E-state index < -0.39 is 0 Å². The fourth-order valence-corrected chi connectivity index (χ4v) is 1.92. The van der Waals surface area contributed by atoms with Crippen molar-refractivity contribution in [1.82, 2.24) is 15.1 Å². The van der Waals surface area contributed by atoms with Crippen LogP contribution in [0.4, 0.5) is 0 Å². The number of aromatic nitrogens is 2. The van der Waals surface area contributed by atoms with E-state index in [1.54, 1.807) is 12.3 Å². The molecule has 0 bridgehead atoms. The number of H-pyrrole nitrogens is 1. The Hall–Kier alpha value is -1.32. The number of amides is 1. The van der Waals surface area contributed by atoms with Crippen molar-refractivity contribution in [2.75, 3.05) is 13.1 Å². The SMILES string of the molecule is CC1CCCN(C(=O)c2ccn[nH]2)C1. The molecule has 1 amide bonds. The predicted molar refractivity (Wildman–Crippen MR) is 52.9 cm³/mol. The van der Waals surface area contributed by atoms with Gasteiger partial charge in [-0.2, -0.15) is 5.10 Å². The molecule has 1 fully saturated rings. The van der Waals surface area contributed by atoms with Crippen LogP contribution in [0.25, 0.3) is 0 Å². The van der Waals surface area contributed by atoms with Gasteiger partial charge in [-0.25, -0.2) is 0 Å². The van der Waals surface area contributed by atoms with E-state index in [0.29, 0.717) is 11.6 Å². The first-order valence-electron chi connectivity index (χ1n) is 5.06. The summed E-state index contributed by atoms with van der Waals surface area (Å²) in [5.74, 6) is 0.699. The molecule has 2 heterocycles. The van der Waals surface area contributed by atoms with Crippen LogP contribution < -0.4 is 0 Å². The van der Waals surface area contributed by atoms with Gasteiger partial charge in [0.05, 0.1) is 0 Å². The van der Waals surface area contributed by atoms with Gasteiger partial charge in [0.25, 0.3) is 5.91 Å². The zero-order valence-corrected chi connectivity index (χ0v) is 8.36. The minimum atomic E-state index is 0.0778. The number of carbonyl (C=O) groups excluding carboxylic acids is 1. The number of nitrogens with zero attached hydrogens (tertiary/aromatic N) is 2. The van der Waals surface area contributed by atoms with E-state index in [9.17, 15) is 4.79 Å². The molecule has 1 aliphatic heterocycles. The minimum Gasteiger partial charge on any atom is -0.337 e. The largest absolute Gasteiger partial charge is 0.337 e. The lowest BCUT2D eigenvalue weighted by Crippen LogP contribution is -2.39. The number of hydrogen-bond acceptors (Lipinski definition) is 2. The molecular formula is C10H15N3O. The molecule has 0 aliphatic carbocycles. The molecule has 1 unspecified atom stereocenters. The Kier molecular flexibility index (Phi) is 2.52. The predicted octanol–water partition coefficient (Wildman–Crippen LogP) is 1.28. The summed E-state index contributed by atoms with van der Waals surface area (Å²) in [6, 6.07) is 1.72. The van der Waals surface area contributed by atoms with E-state index in [2.05, 4.69) is 17.1 Å². The lowest BCUT2D eigenvalue weighted by molar-refractivity contribution is 0.0677. The van der Waals surface area contributed by atoms with Gasteiger partial charge in [-0.05, 0) is 24.8 Å². The van der Waals surface area contributed by atoms with E-state index in [1.807, 2.05) is 4.90 Å². The van der Waals surface area contributed by atoms with Crippen LogP contribution in [-0.4, -0.2) is 34.1 Å². The molecule has 1 aromatic rings. The van der Waals surface area contributed by atoms with Crippen molar-refractivity contribution in [2.24, 2.45) is 5.92 Å². The zero-order chi connectivity index (χ0) is 9.97. The van der Waals surface area contributed by atoms with Gasteiger partial charge in [-0.3, -0.25) is 9.89 Å². The van der Waals surface area contributed by atoms with Gasteiger partial charge in [0.1, 0.15) is 5.69 Å². The number of piperidine rings is 1. The average Bonchev–Trinajstić information content (AvgIpc) is 2.69. The van der Waals surface area contributed by atoms with Crippen molar-refractivity contribution in [3.8, 4) is 0 Å². The Labute approximate surface area is 83.3 Å². The van der Waals surface area contributed by atoms with Crippen LogP contribution in [0.2, 0.25) is 0 Å². The van der Waals surface area contributed by atoms with E-state index in [0.717, 1.165) is 19.5 Å². The molecule has 4 nitrogen and oxygen atoms in total. The third-order valence-corrected chi connectivity index (χ3v) is 2.68. The normalized spacial score (nSPS) is 22.4. The number of aromatic amines is 1. The van der Waals surface area contributed by atoms with Gasteiger partial charge in [0.2, 0.25) is 0 Å². The van der Waals surface area contributed by atoms with Gasteiger partial charge in [0.15, 0.2) is 0 Å². The molecule has 2 rings (SSSR count). The second-order valence-corrected chi connectivity index (χ2v) is 3.97. The molecular weight excluding hydrogens is 178 g/mol. The van der Waals surface area contributed by atoms with E-state index in [-0.39, 0.29) is 5.91 Å². The fraction of sp³-hybridized carbons (Fsp3) is 0.600. The highest BCUT2D eigenvalue weighted by atomic mass is 16.2. The summed E-state index contributed by atoms with van der Waals surface area (Å²) < 4.78 is 0. The second-order valence-electron chi connectivity index (χ2n) is 3.97. The van der Waals surface area contributed by atoms with Crippen molar-refractivity contribution in [3.05, 3.63) is 18.0 Å². The number of likely N-dealkylation sites (tertiary alicyclic amines) is 1. The summed E-state index contributed by atoms with van der Waals surface area (Å²) in [5, 5.41) is 6.49. The maximum absolute atomic E-state index is 11.9. The molecule has 4 heteroatoms. The zero-order valence-electron chi connectivity index (χ0n) is 8.36. The Bertz CT molecular complexity index is 307. The lowest BCUT2D eigenvalue weighted by Gasteiger charge is -2.30. The standard InChI is InChI=1S/C10H15N3O/c1-8-3-2-6-13(7-8)10(14)9-4-5-11-12-9/h4-5,8H,2-3,6-7H2,1H3,(H,11,12). The van der Waals surface area contributed by atoms with Crippen LogP contribution in [0.3, 0.4) is 0 Å². The Morgan fingerprint density at radius 1 is 1.71 bits per heavy atom. The van der Waals surface area contributed by atoms with Crippen molar-refractivity contribution in [1.29, 1.82) is 0 Å². The summed E-state index contributed by atoms with van der Waals surface area (Å²) in [6.07, 6.45) is 3.95. The summed E-state index contributed by atoms with van der Waals surface area (Å²) in [5.41, 5.74) is 0.596. The van der Waals surface area contributed by atoms with Gasteiger partial charge in [0, 0.05) is 19.3 Å². The van der Waals surface area contributed by atoms with Crippen molar-refractivity contribution in [3.63, 3.8) is 0 Å². The van der Waals surface area contributed by atoms with Crippen molar-refractivity contribution >= 4 is 5.91 Å². The number of hydrogen-bond donors (Lipinski definition) is 1. The van der Waals surface area contributed by atoms with Gasteiger partial charge in [-0.1, -0.05) is 6.92 Å². The molecule has 1 saturated heterocycles. The molecule has 14 heavy (non-hydrogen) atoms. The third-order valence-electron chi connectivity index (χ3n) is 2.68. The monoisotopic (exact) mass is 193 g/mol. The molecule has 0 spiro atoms. The Morgan fingerprint density at radius 2 is 2.57 bits per heavy atom. The highest BCUT2D eigenvalue weighted by Crippen LogP contribution is 2.16. The molecule has 1 N–H and O–H groups in total. The summed E-state index contributed by atoms with van der Waals surface area (Å²) in [6.45, 7) is 3.94. The fourth-order valence-electron chi connectivity index (χ4n) is 1.92. The van der Waals surface area contributed by atoms with Crippen LogP contribution in [-0.2, 0) is 0 Å². The average molecular weight is 193 g/mol. The number of carbonyl (C=O) groups is 1. The molecule has 0 radical (unpaired) electrons. The first kappa shape index (κ1) is 9.24. The van der Waals surface area contributed by atoms with E-state index >= 15 is 0 Å². The molecule has 1 atom stereocenters. The summed E-state index contributed by atoms with van der Waals surface area (Å²) in [7, 11) is 0. The number of rotatable bonds is 1. The van der Waals surface area contributed by atoms with Crippen molar-refractivity contribution in [2.45, 2.75) is 19.8 Å². The highest BCUT2D eigenvalue weighted by molar-refractivity contribution is 5.92. The topological polar surface area (TPSA) is 49.0 Å². The molecule has 76 valence electrons. The molecule has 0 aromatic carbocycles.